The molecule has 2 N–H and O–H groups in total. The number of rotatable bonds is 6. The van der Waals surface area contributed by atoms with Gasteiger partial charge in [-0.1, -0.05) is 41.9 Å². The lowest BCUT2D eigenvalue weighted by Crippen LogP contribution is -2.27. The van der Waals surface area contributed by atoms with Gasteiger partial charge in [0.15, 0.2) is 0 Å². The number of nitrogens with one attached hydrogen (secondary N) is 2. The Balaban J connectivity index is 1.59. The minimum absolute atomic E-state index is 0.0316. The number of halogens is 1. The first-order valence-electron chi connectivity index (χ1n) is 10.3. The van der Waals surface area contributed by atoms with Gasteiger partial charge >= 0.3 is 0 Å². The van der Waals surface area contributed by atoms with E-state index in [4.69, 9.17) is 16.3 Å². The number of methoxy groups -OCH3 is 1. The van der Waals surface area contributed by atoms with E-state index in [1.807, 2.05) is 48.5 Å². The molecule has 0 spiro atoms. The van der Waals surface area contributed by atoms with Crippen LogP contribution in [0.4, 0.5) is 17.1 Å². The van der Waals surface area contributed by atoms with Crippen LogP contribution in [0.15, 0.2) is 66.7 Å². The van der Waals surface area contributed by atoms with Crippen molar-refractivity contribution < 1.29 is 14.3 Å². The standard InChI is InChI=1S/C25H24ClN3O3/c1-16(30)29-13-12-18-14-19(8-10-22(18)29)27-24(17-6-4-3-5-7-17)25(31)28-20-9-11-23(32-2)21(26)15-20/h3-11,14-15,24,27H,12-13H2,1-2H3,(H,28,31). The first-order valence-corrected chi connectivity index (χ1v) is 10.7. The third-order valence-electron chi connectivity index (χ3n) is 5.48. The Hall–Kier alpha value is -3.51. The highest BCUT2D eigenvalue weighted by atomic mass is 35.5. The highest BCUT2D eigenvalue weighted by Crippen LogP contribution is 2.32. The highest BCUT2D eigenvalue weighted by molar-refractivity contribution is 6.32. The second kappa shape index (κ2) is 9.32. The second-order valence-electron chi connectivity index (χ2n) is 7.59. The summed E-state index contributed by atoms with van der Waals surface area (Å²) in [4.78, 5) is 26.9. The van der Waals surface area contributed by atoms with Crippen molar-refractivity contribution in [2.24, 2.45) is 0 Å². The van der Waals surface area contributed by atoms with Crippen molar-refractivity contribution in [1.29, 1.82) is 0 Å². The van der Waals surface area contributed by atoms with Gasteiger partial charge in [-0.15, -0.1) is 0 Å². The largest absolute Gasteiger partial charge is 0.495 e. The van der Waals surface area contributed by atoms with Gasteiger partial charge in [0.25, 0.3) is 5.91 Å². The van der Waals surface area contributed by atoms with Crippen LogP contribution in [0.5, 0.6) is 5.75 Å². The van der Waals surface area contributed by atoms with Crippen molar-refractivity contribution in [2.75, 3.05) is 29.2 Å². The summed E-state index contributed by atoms with van der Waals surface area (Å²) in [5, 5.41) is 6.71. The Bertz CT molecular complexity index is 1150. The zero-order valence-corrected chi connectivity index (χ0v) is 18.6. The summed E-state index contributed by atoms with van der Waals surface area (Å²) in [5.41, 5.74) is 4.23. The lowest BCUT2D eigenvalue weighted by atomic mass is 10.0. The Morgan fingerprint density at radius 3 is 2.47 bits per heavy atom. The zero-order valence-electron chi connectivity index (χ0n) is 17.9. The van der Waals surface area contributed by atoms with Crippen LogP contribution in [-0.2, 0) is 16.0 Å². The van der Waals surface area contributed by atoms with Gasteiger partial charge < -0.3 is 20.3 Å². The fourth-order valence-corrected chi connectivity index (χ4v) is 4.15. The van der Waals surface area contributed by atoms with E-state index >= 15 is 0 Å². The molecule has 3 aromatic rings. The summed E-state index contributed by atoms with van der Waals surface area (Å²) in [5.74, 6) is 0.354. The molecule has 1 atom stereocenters. The first-order chi connectivity index (χ1) is 15.5. The Kier molecular flexibility index (Phi) is 6.32. The predicted molar refractivity (Wildman–Crippen MR) is 128 cm³/mol. The maximum atomic E-state index is 13.3. The van der Waals surface area contributed by atoms with E-state index < -0.39 is 6.04 Å². The molecular weight excluding hydrogens is 426 g/mol. The van der Waals surface area contributed by atoms with E-state index in [1.165, 1.54) is 0 Å². The molecule has 6 nitrogen and oxygen atoms in total. The van der Waals surface area contributed by atoms with Crippen molar-refractivity contribution in [2.45, 2.75) is 19.4 Å². The predicted octanol–water partition coefficient (Wildman–Crippen LogP) is 5.05. The topological polar surface area (TPSA) is 70.7 Å². The number of nitrogens with zero attached hydrogens (tertiary/aromatic N) is 1. The molecule has 164 valence electrons. The number of carbonyl (C=O) groups excluding carboxylic acids is 2. The normalized spacial score (nSPS) is 13.3. The smallest absolute Gasteiger partial charge is 0.251 e. The fraction of sp³-hybridized carbons (Fsp3) is 0.200. The molecule has 0 bridgehead atoms. The van der Waals surface area contributed by atoms with Gasteiger partial charge in [0.05, 0.1) is 12.1 Å². The third-order valence-corrected chi connectivity index (χ3v) is 5.78. The maximum absolute atomic E-state index is 13.3. The van der Waals surface area contributed by atoms with Gasteiger partial charge in [0, 0.05) is 30.5 Å². The molecule has 0 saturated heterocycles. The van der Waals surface area contributed by atoms with Crippen LogP contribution in [-0.4, -0.2) is 25.5 Å². The number of hydrogen-bond donors (Lipinski definition) is 2. The summed E-state index contributed by atoms with van der Waals surface area (Å²) in [6, 6.07) is 19.8. The molecule has 32 heavy (non-hydrogen) atoms. The van der Waals surface area contributed by atoms with E-state index in [-0.39, 0.29) is 11.8 Å². The number of carbonyl (C=O) groups is 2. The van der Waals surface area contributed by atoms with Crippen LogP contribution in [0.3, 0.4) is 0 Å². The SMILES string of the molecule is COc1ccc(NC(=O)C(Nc2ccc3c(c2)CCN3C(C)=O)c2ccccc2)cc1Cl. The van der Waals surface area contributed by atoms with Crippen molar-refractivity contribution in [3.8, 4) is 5.75 Å². The van der Waals surface area contributed by atoms with Crippen molar-refractivity contribution in [1.82, 2.24) is 0 Å². The maximum Gasteiger partial charge on any atom is 0.251 e. The fourth-order valence-electron chi connectivity index (χ4n) is 3.89. The van der Waals surface area contributed by atoms with Crippen LogP contribution in [0.2, 0.25) is 5.02 Å². The Morgan fingerprint density at radius 1 is 1.03 bits per heavy atom. The third kappa shape index (κ3) is 4.55. The van der Waals surface area contributed by atoms with Crippen LogP contribution in [0.25, 0.3) is 0 Å². The van der Waals surface area contributed by atoms with Crippen LogP contribution < -0.4 is 20.3 Å². The van der Waals surface area contributed by atoms with Gasteiger partial charge in [-0.3, -0.25) is 9.59 Å². The number of benzene rings is 3. The molecule has 2 amide bonds. The molecule has 1 aliphatic heterocycles. The van der Waals surface area contributed by atoms with Gasteiger partial charge in [-0.05, 0) is 53.9 Å². The lowest BCUT2D eigenvalue weighted by molar-refractivity contribution is -0.117. The summed E-state index contributed by atoms with van der Waals surface area (Å²) in [7, 11) is 1.54. The van der Waals surface area contributed by atoms with Crippen molar-refractivity contribution in [3.63, 3.8) is 0 Å². The monoisotopic (exact) mass is 449 g/mol. The average Bonchev–Trinajstić information content (AvgIpc) is 3.22. The summed E-state index contributed by atoms with van der Waals surface area (Å²) in [6.45, 7) is 2.25. The molecule has 1 unspecified atom stereocenters. The summed E-state index contributed by atoms with van der Waals surface area (Å²) >= 11 is 6.21. The first kappa shape index (κ1) is 21.7. The van der Waals surface area contributed by atoms with Crippen LogP contribution >= 0.6 is 11.6 Å². The van der Waals surface area contributed by atoms with E-state index in [9.17, 15) is 9.59 Å². The van der Waals surface area contributed by atoms with Gasteiger partial charge in [-0.25, -0.2) is 0 Å². The summed E-state index contributed by atoms with van der Waals surface area (Å²) in [6.07, 6.45) is 0.789. The van der Waals surface area contributed by atoms with E-state index in [0.717, 1.165) is 28.9 Å². The van der Waals surface area contributed by atoms with E-state index in [0.29, 0.717) is 23.0 Å². The Labute approximate surface area is 192 Å². The lowest BCUT2D eigenvalue weighted by Gasteiger charge is -2.21. The second-order valence-corrected chi connectivity index (χ2v) is 8.00. The van der Waals surface area contributed by atoms with Crippen molar-refractivity contribution in [3.05, 3.63) is 82.9 Å². The highest BCUT2D eigenvalue weighted by Gasteiger charge is 2.24. The number of anilines is 3. The summed E-state index contributed by atoms with van der Waals surface area (Å²) < 4.78 is 5.18. The Morgan fingerprint density at radius 2 is 1.78 bits per heavy atom. The molecule has 0 fully saturated rings. The molecule has 4 rings (SSSR count). The molecular formula is C25H24ClN3O3. The molecule has 0 aliphatic carbocycles. The zero-order chi connectivity index (χ0) is 22.7. The molecule has 1 aliphatic rings. The van der Waals surface area contributed by atoms with Gasteiger partial charge in [0.1, 0.15) is 11.8 Å². The quantitative estimate of drug-likeness (QED) is 0.552. The van der Waals surface area contributed by atoms with Gasteiger partial charge in [-0.2, -0.15) is 0 Å². The van der Waals surface area contributed by atoms with Gasteiger partial charge in [0.2, 0.25) is 5.91 Å². The molecule has 0 radical (unpaired) electrons. The minimum Gasteiger partial charge on any atom is -0.495 e. The van der Waals surface area contributed by atoms with Crippen LogP contribution in [0.1, 0.15) is 24.1 Å². The minimum atomic E-state index is -0.625. The van der Waals surface area contributed by atoms with E-state index in [1.54, 1.807) is 37.1 Å². The number of amides is 2. The molecule has 0 saturated carbocycles. The van der Waals surface area contributed by atoms with E-state index in [2.05, 4.69) is 10.6 Å². The number of fused-ring (bicyclic) bond motifs is 1. The molecule has 7 heteroatoms. The molecule has 0 aromatic heterocycles. The number of ether oxygens (including phenoxy) is 1. The molecule has 1 heterocycles. The number of hydrogen-bond acceptors (Lipinski definition) is 4. The van der Waals surface area contributed by atoms with Crippen LogP contribution in [0, 0.1) is 0 Å². The van der Waals surface area contributed by atoms with Crippen molar-refractivity contribution >= 4 is 40.5 Å². The molecule has 3 aromatic carbocycles. The average molecular weight is 450 g/mol.